The molecule has 0 fully saturated rings. The third kappa shape index (κ3) is 2.24. The molecule has 0 atom stereocenters. The number of hydrogen-bond donors (Lipinski definition) is 1. The lowest BCUT2D eigenvalue weighted by atomic mass is 10.1. The first-order valence-corrected chi connectivity index (χ1v) is 6.40. The molecule has 0 radical (unpaired) electrons. The van der Waals surface area contributed by atoms with Crippen molar-refractivity contribution in [3.63, 3.8) is 0 Å². The second kappa shape index (κ2) is 4.51. The van der Waals surface area contributed by atoms with E-state index in [9.17, 15) is 0 Å². The summed E-state index contributed by atoms with van der Waals surface area (Å²) in [5, 5.41) is 5.33. The zero-order chi connectivity index (χ0) is 13.4. The van der Waals surface area contributed by atoms with Gasteiger partial charge >= 0.3 is 0 Å². The number of aryl methyl sites for hydroxylation is 1. The van der Waals surface area contributed by atoms with Crippen LogP contribution in [0.1, 0.15) is 11.1 Å². The van der Waals surface area contributed by atoms with Crippen LogP contribution < -0.4 is 5.73 Å². The highest BCUT2D eigenvalue weighted by Crippen LogP contribution is 2.19. The van der Waals surface area contributed by atoms with E-state index in [1.54, 1.807) is 0 Å². The summed E-state index contributed by atoms with van der Waals surface area (Å²) in [4.78, 5) is 0.432. The van der Waals surface area contributed by atoms with Gasteiger partial charge in [0.15, 0.2) is 0 Å². The maximum atomic E-state index is 5.65. The molecule has 0 saturated heterocycles. The van der Waals surface area contributed by atoms with Crippen molar-refractivity contribution in [2.45, 2.75) is 6.54 Å². The van der Waals surface area contributed by atoms with Gasteiger partial charge in [-0.05, 0) is 24.3 Å². The largest absolute Gasteiger partial charge is 0.389 e. The van der Waals surface area contributed by atoms with Crippen molar-refractivity contribution < 1.29 is 0 Å². The van der Waals surface area contributed by atoms with Gasteiger partial charge in [0, 0.05) is 41.5 Å². The molecule has 5 heteroatoms. The van der Waals surface area contributed by atoms with Crippen molar-refractivity contribution in [1.82, 2.24) is 14.3 Å². The van der Waals surface area contributed by atoms with E-state index in [1.165, 1.54) is 11.1 Å². The van der Waals surface area contributed by atoms with Crippen LogP contribution in [0.15, 0.2) is 42.9 Å². The number of nitrogens with zero attached hydrogens (tertiary/aromatic N) is 3. The first-order chi connectivity index (χ1) is 9.13. The van der Waals surface area contributed by atoms with Gasteiger partial charge in [-0.3, -0.25) is 4.68 Å². The normalized spacial score (nSPS) is 11.0. The smallest absolute Gasteiger partial charge is 0.104 e. The highest BCUT2D eigenvalue weighted by atomic mass is 32.1. The number of thiocarbonyl (C=S) groups is 1. The second-order valence-corrected chi connectivity index (χ2v) is 5.04. The molecule has 2 N–H and O–H groups in total. The zero-order valence-corrected chi connectivity index (χ0v) is 11.4. The molecule has 0 aliphatic carbocycles. The summed E-state index contributed by atoms with van der Waals surface area (Å²) in [5.41, 5.74) is 8.91. The Labute approximate surface area is 116 Å². The molecule has 19 heavy (non-hydrogen) atoms. The van der Waals surface area contributed by atoms with E-state index in [-0.39, 0.29) is 0 Å². The van der Waals surface area contributed by atoms with Crippen molar-refractivity contribution in [2.24, 2.45) is 12.8 Å². The summed E-state index contributed by atoms with van der Waals surface area (Å²) in [5.74, 6) is 0. The van der Waals surface area contributed by atoms with Crippen molar-refractivity contribution in [3.05, 3.63) is 54.0 Å². The summed E-state index contributed by atoms with van der Waals surface area (Å²) in [6.45, 7) is 0.809. The van der Waals surface area contributed by atoms with E-state index in [0.717, 1.165) is 17.5 Å². The third-order valence-electron chi connectivity index (χ3n) is 3.17. The maximum Gasteiger partial charge on any atom is 0.104 e. The Morgan fingerprint density at radius 1 is 1.37 bits per heavy atom. The predicted molar refractivity (Wildman–Crippen MR) is 80.1 cm³/mol. The fourth-order valence-electron chi connectivity index (χ4n) is 2.24. The van der Waals surface area contributed by atoms with Gasteiger partial charge in [0.2, 0.25) is 0 Å². The summed E-state index contributed by atoms with van der Waals surface area (Å²) in [6.07, 6.45) is 5.98. The highest BCUT2D eigenvalue weighted by molar-refractivity contribution is 7.80. The van der Waals surface area contributed by atoms with Gasteiger partial charge in [0.25, 0.3) is 0 Å². The minimum absolute atomic E-state index is 0.432. The molecule has 0 aliphatic heterocycles. The number of fused-ring (bicyclic) bond motifs is 1. The fourth-order valence-corrected chi connectivity index (χ4v) is 2.37. The molecule has 96 valence electrons. The highest BCUT2D eigenvalue weighted by Gasteiger charge is 2.05. The van der Waals surface area contributed by atoms with Crippen LogP contribution in [0.4, 0.5) is 0 Å². The maximum absolute atomic E-state index is 5.65. The van der Waals surface area contributed by atoms with Gasteiger partial charge in [-0.25, -0.2) is 0 Å². The molecule has 0 amide bonds. The lowest BCUT2D eigenvalue weighted by Gasteiger charge is -2.04. The Morgan fingerprint density at radius 2 is 2.21 bits per heavy atom. The summed E-state index contributed by atoms with van der Waals surface area (Å²) in [6, 6.07) is 8.12. The Balaban J connectivity index is 1.99. The molecule has 2 heterocycles. The summed E-state index contributed by atoms with van der Waals surface area (Å²) >= 11 is 5.00. The van der Waals surface area contributed by atoms with Crippen LogP contribution in [-0.2, 0) is 13.6 Å². The summed E-state index contributed by atoms with van der Waals surface area (Å²) in [7, 11) is 1.92. The number of nitrogens with two attached hydrogens (primary N) is 1. The average Bonchev–Trinajstić information content (AvgIpc) is 2.96. The van der Waals surface area contributed by atoms with Crippen LogP contribution in [0.5, 0.6) is 0 Å². The van der Waals surface area contributed by atoms with Crippen molar-refractivity contribution >= 4 is 28.1 Å². The molecule has 3 aromatic rings. The Morgan fingerprint density at radius 3 is 2.89 bits per heavy atom. The first kappa shape index (κ1) is 11.9. The van der Waals surface area contributed by atoms with E-state index in [1.807, 2.05) is 36.3 Å². The van der Waals surface area contributed by atoms with Crippen LogP contribution in [0.3, 0.4) is 0 Å². The molecule has 1 aromatic carbocycles. The van der Waals surface area contributed by atoms with Crippen LogP contribution in [0.2, 0.25) is 0 Å². The van der Waals surface area contributed by atoms with Gasteiger partial charge < -0.3 is 10.3 Å². The Kier molecular flexibility index (Phi) is 2.83. The molecule has 0 bridgehead atoms. The van der Waals surface area contributed by atoms with Crippen LogP contribution in [-0.4, -0.2) is 19.3 Å². The Bertz CT molecular complexity index is 754. The molecule has 0 unspecified atom stereocenters. The topological polar surface area (TPSA) is 48.8 Å². The van der Waals surface area contributed by atoms with Gasteiger partial charge in [-0.15, -0.1) is 0 Å². The minimum atomic E-state index is 0.432. The first-order valence-electron chi connectivity index (χ1n) is 6.00. The number of aromatic nitrogens is 3. The van der Waals surface area contributed by atoms with E-state index < -0.39 is 0 Å². The van der Waals surface area contributed by atoms with Crippen LogP contribution >= 0.6 is 12.2 Å². The zero-order valence-electron chi connectivity index (χ0n) is 10.6. The molecule has 2 aromatic heterocycles. The molecule has 3 rings (SSSR count). The predicted octanol–water partition coefficient (Wildman–Crippen LogP) is 2.06. The number of benzene rings is 1. The molecular formula is C14H14N4S. The van der Waals surface area contributed by atoms with Crippen molar-refractivity contribution in [1.29, 1.82) is 0 Å². The molecule has 0 aliphatic rings. The standard InChI is InChI=1S/C14H14N4S/c1-17-8-10(7-16-17)9-18-5-4-11-6-12(14(15)19)2-3-13(11)18/h2-8H,9H2,1H3,(H2,15,19). The van der Waals surface area contributed by atoms with Crippen molar-refractivity contribution in [3.8, 4) is 0 Å². The average molecular weight is 270 g/mol. The monoisotopic (exact) mass is 270 g/mol. The van der Waals surface area contributed by atoms with Crippen LogP contribution in [0, 0.1) is 0 Å². The lowest BCUT2D eigenvalue weighted by Crippen LogP contribution is -2.08. The number of hydrogen-bond acceptors (Lipinski definition) is 2. The van der Waals surface area contributed by atoms with Gasteiger partial charge in [-0.1, -0.05) is 12.2 Å². The fraction of sp³-hybridized carbons (Fsp3) is 0.143. The van der Waals surface area contributed by atoms with Gasteiger partial charge in [0.1, 0.15) is 4.99 Å². The van der Waals surface area contributed by atoms with E-state index in [4.69, 9.17) is 18.0 Å². The minimum Gasteiger partial charge on any atom is -0.389 e. The lowest BCUT2D eigenvalue weighted by molar-refractivity contribution is 0.764. The van der Waals surface area contributed by atoms with E-state index in [2.05, 4.69) is 28.0 Å². The molecule has 0 saturated carbocycles. The molecular weight excluding hydrogens is 256 g/mol. The SMILES string of the molecule is Cn1cc(Cn2ccc3cc(C(N)=S)ccc32)cn1. The van der Waals surface area contributed by atoms with Gasteiger partial charge in [0.05, 0.1) is 12.7 Å². The summed E-state index contributed by atoms with van der Waals surface area (Å²) < 4.78 is 4.00. The van der Waals surface area contributed by atoms with Crippen molar-refractivity contribution in [2.75, 3.05) is 0 Å². The number of rotatable bonds is 3. The van der Waals surface area contributed by atoms with E-state index in [0.29, 0.717) is 4.99 Å². The van der Waals surface area contributed by atoms with Crippen LogP contribution in [0.25, 0.3) is 10.9 Å². The van der Waals surface area contributed by atoms with Gasteiger partial charge in [-0.2, -0.15) is 5.10 Å². The third-order valence-corrected chi connectivity index (χ3v) is 3.40. The van der Waals surface area contributed by atoms with E-state index >= 15 is 0 Å². The quantitative estimate of drug-likeness (QED) is 0.741. The molecule has 4 nitrogen and oxygen atoms in total. The Hall–Kier alpha value is -2.14. The molecule has 0 spiro atoms. The second-order valence-electron chi connectivity index (χ2n) is 4.60.